The van der Waals surface area contributed by atoms with Gasteiger partial charge in [0.05, 0.1) is 9.79 Å². The molecule has 2 N–H and O–H groups in total. The molecule has 0 aromatic heterocycles. The van der Waals surface area contributed by atoms with Crippen molar-refractivity contribution in [2.24, 2.45) is 0 Å². The van der Waals surface area contributed by atoms with Gasteiger partial charge in [0.2, 0.25) is 0 Å². The SMILES string of the molecule is CC(C)c1cc(C(C)C)c(S(=O)(=O)Nc2ccc(NS(=O)(=O)c3c(C(C)C)cc(C(C)C)cc3C(C)C)cc2)c(C(C)C)c1. The van der Waals surface area contributed by atoms with E-state index >= 15 is 0 Å². The van der Waals surface area contributed by atoms with Gasteiger partial charge in [-0.15, -0.1) is 0 Å². The molecule has 3 aromatic carbocycles. The van der Waals surface area contributed by atoms with E-state index in [1.54, 1.807) is 24.3 Å². The molecule has 0 spiro atoms. The maximum absolute atomic E-state index is 13.9. The number of benzene rings is 3. The number of anilines is 2. The molecular weight excluding hydrogens is 589 g/mol. The van der Waals surface area contributed by atoms with E-state index < -0.39 is 20.0 Å². The molecule has 0 radical (unpaired) electrons. The Labute approximate surface area is 267 Å². The van der Waals surface area contributed by atoms with Crippen molar-refractivity contribution in [3.63, 3.8) is 0 Å². The van der Waals surface area contributed by atoms with Crippen LogP contribution in [0.15, 0.2) is 58.3 Å². The molecule has 0 saturated carbocycles. The maximum atomic E-state index is 13.9. The van der Waals surface area contributed by atoms with Gasteiger partial charge in [0.25, 0.3) is 20.0 Å². The predicted octanol–water partition coefficient (Wildman–Crippen LogP) is 10.0. The summed E-state index contributed by atoms with van der Waals surface area (Å²) in [5, 5.41) is 0. The topological polar surface area (TPSA) is 92.3 Å². The molecule has 0 aliphatic rings. The summed E-state index contributed by atoms with van der Waals surface area (Å²) in [7, 11) is -7.86. The highest BCUT2D eigenvalue weighted by Gasteiger charge is 2.29. The highest BCUT2D eigenvalue weighted by atomic mass is 32.2. The molecule has 0 aliphatic heterocycles. The van der Waals surface area contributed by atoms with Crippen LogP contribution in [0.2, 0.25) is 0 Å². The van der Waals surface area contributed by atoms with E-state index in [0.717, 1.165) is 33.4 Å². The van der Waals surface area contributed by atoms with Crippen LogP contribution in [0.1, 0.15) is 152 Å². The molecule has 8 heteroatoms. The first-order chi connectivity index (χ1) is 20.3. The molecular formula is C36H52N2O4S2. The average molecular weight is 641 g/mol. The fraction of sp³-hybridized carbons (Fsp3) is 0.500. The number of rotatable bonds is 12. The van der Waals surface area contributed by atoms with Gasteiger partial charge < -0.3 is 0 Å². The van der Waals surface area contributed by atoms with Gasteiger partial charge in [0, 0.05) is 11.4 Å². The standard InChI is InChI=1S/C36H52N2O4S2/c1-21(2)27-17-31(23(5)6)35(32(18-27)24(7)8)43(39,40)37-29-13-15-30(16-14-29)38-44(41,42)36-33(25(9)10)19-28(22(3)4)20-34(36)26(11)12/h13-26,37-38H,1-12H3. The van der Waals surface area contributed by atoms with Crippen LogP contribution in [0, 0.1) is 0 Å². The van der Waals surface area contributed by atoms with E-state index in [0.29, 0.717) is 21.2 Å². The number of sulfonamides is 2. The van der Waals surface area contributed by atoms with Gasteiger partial charge in [-0.1, -0.05) is 107 Å². The van der Waals surface area contributed by atoms with E-state index in [-0.39, 0.29) is 35.5 Å². The zero-order valence-corrected chi connectivity index (χ0v) is 30.2. The molecule has 242 valence electrons. The van der Waals surface area contributed by atoms with Crippen LogP contribution in [-0.4, -0.2) is 16.8 Å². The molecule has 44 heavy (non-hydrogen) atoms. The van der Waals surface area contributed by atoms with Crippen molar-refractivity contribution >= 4 is 31.4 Å². The van der Waals surface area contributed by atoms with Gasteiger partial charge >= 0.3 is 0 Å². The first kappa shape index (κ1) is 35.6. The molecule has 0 atom stereocenters. The van der Waals surface area contributed by atoms with Gasteiger partial charge in [0.1, 0.15) is 0 Å². The smallest absolute Gasteiger partial charge is 0.262 e. The highest BCUT2D eigenvalue weighted by molar-refractivity contribution is 7.93. The minimum absolute atomic E-state index is 0.00984. The molecule has 0 aliphatic carbocycles. The summed E-state index contributed by atoms with van der Waals surface area (Å²) in [4.78, 5) is 0.646. The molecule has 0 bridgehead atoms. The van der Waals surface area contributed by atoms with E-state index in [2.05, 4.69) is 37.1 Å². The van der Waals surface area contributed by atoms with Gasteiger partial charge in [-0.3, -0.25) is 9.44 Å². The second kappa shape index (κ2) is 13.7. The summed E-state index contributed by atoms with van der Waals surface area (Å²) in [6.45, 7) is 24.5. The predicted molar refractivity (Wildman–Crippen MR) is 185 cm³/mol. The highest BCUT2D eigenvalue weighted by Crippen LogP contribution is 2.38. The molecule has 0 saturated heterocycles. The van der Waals surface area contributed by atoms with Crippen LogP contribution in [0.25, 0.3) is 0 Å². The first-order valence-corrected chi connectivity index (χ1v) is 18.7. The van der Waals surface area contributed by atoms with Crippen LogP contribution in [0.3, 0.4) is 0 Å². The lowest BCUT2D eigenvalue weighted by molar-refractivity contribution is 0.594. The van der Waals surface area contributed by atoms with Crippen LogP contribution in [0.4, 0.5) is 11.4 Å². The van der Waals surface area contributed by atoms with Crippen molar-refractivity contribution in [2.45, 2.75) is 128 Å². The minimum atomic E-state index is -3.93. The van der Waals surface area contributed by atoms with Gasteiger partial charge in [-0.05, 0) is 93.2 Å². The van der Waals surface area contributed by atoms with Crippen LogP contribution in [0.5, 0.6) is 0 Å². The summed E-state index contributed by atoms with van der Waals surface area (Å²) < 4.78 is 61.1. The summed E-state index contributed by atoms with van der Waals surface area (Å²) in [6.07, 6.45) is 0. The van der Waals surface area contributed by atoms with Crippen molar-refractivity contribution in [3.8, 4) is 0 Å². The van der Waals surface area contributed by atoms with Gasteiger partial charge in [-0.25, -0.2) is 16.8 Å². The summed E-state index contributed by atoms with van der Waals surface area (Å²) in [5.74, 6) is 0.581. The quantitative estimate of drug-likeness (QED) is 0.206. The lowest BCUT2D eigenvalue weighted by Crippen LogP contribution is -2.20. The van der Waals surface area contributed by atoms with Gasteiger partial charge in [0.15, 0.2) is 0 Å². The molecule has 0 unspecified atom stereocenters. The van der Waals surface area contributed by atoms with E-state index in [4.69, 9.17) is 0 Å². The Morgan fingerprint density at radius 3 is 0.818 bits per heavy atom. The third-order valence-corrected chi connectivity index (χ3v) is 11.1. The zero-order valence-electron chi connectivity index (χ0n) is 28.5. The van der Waals surface area contributed by atoms with Gasteiger partial charge in [-0.2, -0.15) is 0 Å². The van der Waals surface area contributed by atoms with Crippen molar-refractivity contribution < 1.29 is 16.8 Å². The Kier molecular flexibility index (Phi) is 11.1. The van der Waals surface area contributed by atoms with Crippen LogP contribution < -0.4 is 9.44 Å². The Balaban J connectivity index is 2.01. The molecule has 6 nitrogen and oxygen atoms in total. The molecule has 0 amide bonds. The number of hydrogen-bond acceptors (Lipinski definition) is 4. The summed E-state index contributed by atoms with van der Waals surface area (Å²) in [6, 6.07) is 14.4. The number of hydrogen-bond donors (Lipinski definition) is 2. The van der Waals surface area contributed by atoms with E-state index in [9.17, 15) is 16.8 Å². The fourth-order valence-electron chi connectivity index (χ4n) is 5.42. The normalized spacial score (nSPS) is 12.8. The Morgan fingerprint density at radius 1 is 0.409 bits per heavy atom. The molecule has 3 aromatic rings. The largest absolute Gasteiger partial charge is 0.280 e. The Bertz CT molecular complexity index is 1500. The van der Waals surface area contributed by atoms with E-state index in [1.807, 2.05) is 79.7 Å². The van der Waals surface area contributed by atoms with Crippen molar-refractivity contribution in [1.29, 1.82) is 0 Å². The van der Waals surface area contributed by atoms with E-state index in [1.165, 1.54) is 0 Å². The summed E-state index contributed by atoms with van der Waals surface area (Å²) in [5.41, 5.74) is 6.13. The monoisotopic (exact) mass is 640 g/mol. The Morgan fingerprint density at radius 2 is 0.636 bits per heavy atom. The maximum Gasteiger partial charge on any atom is 0.262 e. The number of nitrogens with one attached hydrogen (secondary N) is 2. The third kappa shape index (κ3) is 7.86. The van der Waals surface area contributed by atoms with Crippen molar-refractivity contribution in [1.82, 2.24) is 0 Å². The molecule has 0 heterocycles. The second-order valence-electron chi connectivity index (χ2n) is 13.8. The fourth-order valence-corrected chi connectivity index (χ4v) is 8.94. The van der Waals surface area contributed by atoms with Crippen LogP contribution >= 0.6 is 0 Å². The Hall–Kier alpha value is -2.84. The minimum Gasteiger partial charge on any atom is -0.280 e. The zero-order chi connectivity index (χ0) is 33.3. The lowest BCUT2D eigenvalue weighted by Gasteiger charge is -2.23. The lowest BCUT2D eigenvalue weighted by atomic mass is 9.89. The average Bonchev–Trinajstić information content (AvgIpc) is 2.91. The molecule has 0 fully saturated rings. The summed E-state index contributed by atoms with van der Waals surface area (Å²) >= 11 is 0. The van der Waals surface area contributed by atoms with Crippen molar-refractivity contribution in [2.75, 3.05) is 9.44 Å². The van der Waals surface area contributed by atoms with Crippen LogP contribution in [-0.2, 0) is 20.0 Å². The third-order valence-electron chi connectivity index (χ3n) is 8.09. The first-order valence-electron chi connectivity index (χ1n) is 15.8. The second-order valence-corrected chi connectivity index (χ2v) is 17.0. The molecule has 3 rings (SSSR count). The van der Waals surface area contributed by atoms with Crippen molar-refractivity contribution in [3.05, 3.63) is 81.9 Å².